The maximum Gasteiger partial charge on any atom is 0.308 e. The predicted molar refractivity (Wildman–Crippen MR) is 55.7 cm³/mol. The van der Waals surface area contributed by atoms with Crippen molar-refractivity contribution in [3.05, 3.63) is 0 Å². The summed E-state index contributed by atoms with van der Waals surface area (Å²) in [6, 6.07) is 0.339. The third kappa shape index (κ3) is 2.43. The van der Waals surface area contributed by atoms with Crippen molar-refractivity contribution < 1.29 is 9.53 Å². The van der Waals surface area contributed by atoms with Crippen LogP contribution in [0.4, 0.5) is 0 Å². The van der Waals surface area contributed by atoms with Gasteiger partial charge in [-0.25, -0.2) is 0 Å². The second-order valence-corrected chi connectivity index (χ2v) is 3.49. The fourth-order valence-corrected chi connectivity index (χ4v) is 2.01. The van der Waals surface area contributed by atoms with E-state index in [-0.39, 0.29) is 11.9 Å². The molecular formula is C8H12INO2. The Morgan fingerprint density at radius 3 is 3.00 bits per heavy atom. The van der Waals surface area contributed by atoms with E-state index in [0.717, 1.165) is 19.3 Å². The number of halogens is 1. The van der Waals surface area contributed by atoms with E-state index in [2.05, 4.69) is 32.3 Å². The number of methoxy groups -OCH3 is 1. The molecule has 0 spiro atoms. The lowest BCUT2D eigenvalue weighted by molar-refractivity contribution is -0.145. The normalized spacial score (nSPS) is 29.5. The number of rotatable bonds is 2. The third-order valence-corrected chi connectivity index (χ3v) is 2.53. The van der Waals surface area contributed by atoms with Crippen molar-refractivity contribution in [3.63, 3.8) is 0 Å². The minimum absolute atomic E-state index is 0.0823. The summed E-state index contributed by atoms with van der Waals surface area (Å²) in [5, 5.41) is 0. The molecule has 1 unspecified atom stereocenters. The highest BCUT2D eigenvalue weighted by Crippen LogP contribution is 2.28. The molecule has 0 heterocycles. The zero-order chi connectivity index (χ0) is 8.97. The molecule has 1 saturated carbocycles. The van der Waals surface area contributed by atoms with Gasteiger partial charge in [-0.3, -0.25) is 9.79 Å². The number of hydrogen-bond acceptors (Lipinski definition) is 3. The molecule has 0 bridgehead atoms. The van der Waals surface area contributed by atoms with E-state index >= 15 is 0 Å². The van der Waals surface area contributed by atoms with E-state index in [9.17, 15) is 4.79 Å². The summed E-state index contributed by atoms with van der Waals surface area (Å²) in [5.41, 5.74) is 0. The summed E-state index contributed by atoms with van der Waals surface area (Å²) in [5.74, 6) is 0.00116. The molecule has 0 saturated heterocycles. The van der Waals surface area contributed by atoms with Crippen LogP contribution in [0.1, 0.15) is 19.3 Å². The number of esters is 1. The quantitative estimate of drug-likeness (QED) is 0.440. The van der Waals surface area contributed by atoms with E-state index in [1.165, 1.54) is 7.11 Å². The predicted octanol–water partition coefficient (Wildman–Crippen LogP) is 1.79. The molecule has 1 aliphatic carbocycles. The van der Waals surface area contributed by atoms with Gasteiger partial charge in [-0.15, -0.1) is 0 Å². The molecule has 0 radical (unpaired) electrons. The molecule has 1 aliphatic rings. The lowest BCUT2D eigenvalue weighted by Crippen LogP contribution is -2.13. The van der Waals surface area contributed by atoms with Gasteiger partial charge < -0.3 is 4.74 Å². The number of hydrogen-bond donors (Lipinski definition) is 0. The third-order valence-electron chi connectivity index (χ3n) is 2.21. The van der Waals surface area contributed by atoms with E-state index in [0.29, 0.717) is 6.04 Å². The van der Waals surface area contributed by atoms with Crippen LogP contribution in [0.5, 0.6) is 0 Å². The Bertz CT molecular complexity index is 193. The molecule has 68 valence electrons. The van der Waals surface area contributed by atoms with Crippen molar-refractivity contribution in [1.29, 1.82) is 0 Å². The first-order valence-corrected chi connectivity index (χ1v) is 5.22. The summed E-state index contributed by atoms with van der Waals surface area (Å²) < 4.78 is 6.45. The SMILES string of the molecule is COC(=O)[C@H]1CCC(N=CI)C1. The molecule has 0 aromatic heterocycles. The van der Waals surface area contributed by atoms with Crippen molar-refractivity contribution in [2.24, 2.45) is 10.9 Å². The van der Waals surface area contributed by atoms with Crippen LogP contribution in [-0.4, -0.2) is 23.3 Å². The minimum atomic E-state index is -0.0823. The first-order chi connectivity index (χ1) is 5.77. The zero-order valence-electron chi connectivity index (χ0n) is 7.00. The lowest BCUT2D eigenvalue weighted by Gasteiger charge is -2.05. The van der Waals surface area contributed by atoms with Crippen LogP contribution in [0.25, 0.3) is 0 Å². The fraction of sp³-hybridized carbons (Fsp3) is 0.750. The van der Waals surface area contributed by atoms with Gasteiger partial charge >= 0.3 is 5.97 Å². The van der Waals surface area contributed by atoms with E-state index < -0.39 is 0 Å². The molecule has 1 rings (SSSR count). The summed E-state index contributed by atoms with van der Waals surface area (Å²) in [4.78, 5) is 15.3. The van der Waals surface area contributed by atoms with Gasteiger partial charge in [-0.05, 0) is 41.9 Å². The van der Waals surface area contributed by atoms with Crippen LogP contribution < -0.4 is 0 Å². The van der Waals surface area contributed by atoms with E-state index in [1.807, 2.05) is 0 Å². The van der Waals surface area contributed by atoms with E-state index in [4.69, 9.17) is 0 Å². The van der Waals surface area contributed by atoms with E-state index in [1.54, 1.807) is 4.22 Å². The minimum Gasteiger partial charge on any atom is -0.469 e. The van der Waals surface area contributed by atoms with Crippen LogP contribution in [-0.2, 0) is 9.53 Å². The Kier molecular flexibility index (Phi) is 3.97. The fourth-order valence-electron chi connectivity index (χ4n) is 1.55. The van der Waals surface area contributed by atoms with Gasteiger partial charge in [0.1, 0.15) is 0 Å². The van der Waals surface area contributed by atoms with Crippen LogP contribution in [0.3, 0.4) is 0 Å². The highest BCUT2D eigenvalue weighted by molar-refractivity contribution is 14.1. The molecule has 3 nitrogen and oxygen atoms in total. The summed E-state index contributed by atoms with van der Waals surface area (Å²) in [6.45, 7) is 0. The Morgan fingerprint density at radius 1 is 1.67 bits per heavy atom. The van der Waals surface area contributed by atoms with Crippen molar-refractivity contribution in [2.75, 3.05) is 7.11 Å². The van der Waals surface area contributed by atoms with Gasteiger partial charge in [0.2, 0.25) is 0 Å². The van der Waals surface area contributed by atoms with Crippen molar-refractivity contribution in [2.45, 2.75) is 25.3 Å². The Hall–Kier alpha value is -0.130. The monoisotopic (exact) mass is 281 g/mol. The second-order valence-electron chi connectivity index (χ2n) is 2.93. The van der Waals surface area contributed by atoms with Crippen LogP contribution in [0.15, 0.2) is 4.99 Å². The molecule has 0 N–H and O–H groups in total. The van der Waals surface area contributed by atoms with Gasteiger partial charge in [-0.2, -0.15) is 0 Å². The highest BCUT2D eigenvalue weighted by Gasteiger charge is 2.29. The molecule has 0 aromatic carbocycles. The smallest absolute Gasteiger partial charge is 0.308 e. The average molecular weight is 281 g/mol. The molecule has 2 atom stereocenters. The summed E-state index contributed by atoms with van der Waals surface area (Å²) in [7, 11) is 1.44. The maximum absolute atomic E-state index is 11.1. The van der Waals surface area contributed by atoms with Gasteiger partial charge in [0.25, 0.3) is 0 Å². The van der Waals surface area contributed by atoms with Gasteiger partial charge in [0.15, 0.2) is 0 Å². The molecule has 0 aromatic rings. The largest absolute Gasteiger partial charge is 0.469 e. The van der Waals surface area contributed by atoms with Gasteiger partial charge in [-0.1, -0.05) is 0 Å². The molecular weight excluding hydrogens is 269 g/mol. The maximum atomic E-state index is 11.1. The van der Waals surface area contributed by atoms with Gasteiger partial charge in [0.05, 0.1) is 23.3 Å². The molecule has 12 heavy (non-hydrogen) atoms. The number of carbonyl (C=O) groups is 1. The Labute approximate surface area is 85.7 Å². The van der Waals surface area contributed by atoms with Crippen molar-refractivity contribution in [1.82, 2.24) is 0 Å². The van der Waals surface area contributed by atoms with Crippen molar-refractivity contribution in [3.8, 4) is 0 Å². The number of nitrogens with zero attached hydrogens (tertiary/aromatic N) is 1. The molecule has 0 amide bonds. The van der Waals surface area contributed by atoms with Gasteiger partial charge in [0, 0.05) is 0 Å². The second kappa shape index (κ2) is 4.79. The molecule has 0 aliphatic heterocycles. The number of carbonyl (C=O) groups excluding carboxylic acids is 1. The standard InChI is InChI=1S/C8H12INO2/c1-12-8(11)6-2-3-7(4-6)10-5-9/h5-7H,2-4H2,1H3/t6-,7?/m0/s1. The Morgan fingerprint density at radius 2 is 2.42 bits per heavy atom. The zero-order valence-corrected chi connectivity index (χ0v) is 9.15. The highest BCUT2D eigenvalue weighted by atomic mass is 127. The van der Waals surface area contributed by atoms with Crippen LogP contribution in [0, 0.1) is 5.92 Å². The summed E-state index contributed by atoms with van der Waals surface area (Å²) >= 11 is 2.10. The number of aliphatic imine (C=N–C) groups is 1. The lowest BCUT2D eigenvalue weighted by atomic mass is 10.1. The van der Waals surface area contributed by atoms with Crippen molar-refractivity contribution >= 4 is 32.8 Å². The number of ether oxygens (including phenoxy) is 1. The Balaban J connectivity index is 2.40. The average Bonchev–Trinajstić information content (AvgIpc) is 2.52. The van der Waals surface area contributed by atoms with Crippen LogP contribution >= 0.6 is 22.6 Å². The first-order valence-electron chi connectivity index (χ1n) is 3.97. The topological polar surface area (TPSA) is 38.7 Å². The van der Waals surface area contributed by atoms with Crippen LogP contribution in [0.2, 0.25) is 0 Å². The summed E-state index contributed by atoms with van der Waals surface area (Å²) in [6.07, 6.45) is 2.79. The first kappa shape index (κ1) is 9.95. The molecule has 4 heteroatoms. The molecule has 1 fully saturated rings.